The molecule has 1 fully saturated rings. The van der Waals surface area contributed by atoms with Crippen LogP contribution in [0.2, 0.25) is 0 Å². The first-order chi connectivity index (χ1) is 12.1. The number of aryl methyl sites for hydroxylation is 1. The number of aliphatic hydroxyl groups is 1. The average molecular weight is 340 g/mol. The minimum Gasteiger partial charge on any atom is -0.497 e. The van der Waals surface area contributed by atoms with Crippen LogP contribution < -0.4 is 9.64 Å². The van der Waals surface area contributed by atoms with Gasteiger partial charge in [0.05, 0.1) is 13.2 Å². The Morgan fingerprint density at radius 1 is 1.00 bits per heavy atom. The van der Waals surface area contributed by atoms with E-state index in [-0.39, 0.29) is 0 Å². The summed E-state index contributed by atoms with van der Waals surface area (Å²) in [7, 11) is 1.65. The van der Waals surface area contributed by atoms with Crippen molar-refractivity contribution in [2.45, 2.75) is 20.0 Å². The van der Waals surface area contributed by atoms with Crippen LogP contribution in [0, 0.1) is 13.8 Å². The molecule has 1 saturated heterocycles. The van der Waals surface area contributed by atoms with Gasteiger partial charge in [-0.15, -0.1) is 0 Å². The second-order valence-corrected chi connectivity index (χ2v) is 6.80. The van der Waals surface area contributed by atoms with Crippen LogP contribution in [0.15, 0.2) is 42.5 Å². The highest BCUT2D eigenvalue weighted by Crippen LogP contribution is 2.25. The molecule has 25 heavy (non-hydrogen) atoms. The highest BCUT2D eigenvalue weighted by atomic mass is 16.5. The lowest BCUT2D eigenvalue weighted by Crippen LogP contribution is -2.47. The molecule has 1 atom stereocenters. The van der Waals surface area contributed by atoms with E-state index in [1.165, 1.54) is 16.8 Å². The van der Waals surface area contributed by atoms with Crippen molar-refractivity contribution in [3.63, 3.8) is 0 Å². The second kappa shape index (κ2) is 7.89. The zero-order chi connectivity index (χ0) is 17.8. The standard InChI is InChI=1S/C21H28N2O2/c1-16-5-4-6-20(17(16)2)23-13-11-22(12-14-23)15-21(24)18-7-9-19(25-3)10-8-18/h4-10,21,24H,11-15H2,1-3H3. The number of hydrogen-bond donors (Lipinski definition) is 1. The Bertz CT molecular complexity index is 692. The predicted molar refractivity (Wildman–Crippen MR) is 103 cm³/mol. The summed E-state index contributed by atoms with van der Waals surface area (Å²) in [6, 6.07) is 14.2. The van der Waals surface area contributed by atoms with E-state index in [0.717, 1.165) is 37.5 Å². The summed E-state index contributed by atoms with van der Waals surface area (Å²) in [5.41, 5.74) is 5.00. The fourth-order valence-electron chi connectivity index (χ4n) is 3.43. The monoisotopic (exact) mass is 340 g/mol. The highest BCUT2D eigenvalue weighted by Gasteiger charge is 2.21. The molecule has 4 heteroatoms. The highest BCUT2D eigenvalue weighted by molar-refractivity contribution is 5.56. The van der Waals surface area contributed by atoms with Gasteiger partial charge in [0.25, 0.3) is 0 Å². The Kier molecular flexibility index (Phi) is 5.61. The predicted octanol–water partition coefficient (Wildman–Crippen LogP) is 3.17. The molecule has 2 aromatic rings. The maximum absolute atomic E-state index is 10.5. The number of aliphatic hydroxyl groups excluding tert-OH is 1. The molecule has 0 bridgehead atoms. The third kappa shape index (κ3) is 4.14. The zero-order valence-electron chi connectivity index (χ0n) is 15.4. The average Bonchev–Trinajstić information content (AvgIpc) is 2.65. The maximum Gasteiger partial charge on any atom is 0.118 e. The molecule has 1 unspecified atom stereocenters. The third-order valence-electron chi connectivity index (χ3n) is 5.22. The fourth-order valence-corrected chi connectivity index (χ4v) is 3.43. The van der Waals surface area contributed by atoms with Gasteiger partial charge in [-0.3, -0.25) is 4.90 Å². The third-order valence-corrected chi connectivity index (χ3v) is 5.22. The number of piperazine rings is 1. The van der Waals surface area contributed by atoms with Crippen molar-refractivity contribution in [1.29, 1.82) is 0 Å². The molecular weight excluding hydrogens is 312 g/mol. The van der Waals surface area contributed by atoms with E-state index in [2.05, 4.69) is 41.8 Å². The zero-order valence-corrected chi connectivity index (χ0v) is 15.4. The van der Waals surface area contributed by atoms with Crippen LogP contribution in [0.4, 0.5) is 5.69 Å². The molecule has 1 aliphatic rings. The second-order valence-electron chi connectivity index (χ2n) is 6.80. The van der Waals surface area contributed by atoms with Gasteiger partial charge in [-0.05, 0) is 48.7 Å². The first kappa shape index (κ1) is 17.8. The van der Waals surface area contributed by atoms with Crippen LogP contribution in [-0.2, 0) is 0 Å². The van der Waals surface area contributed by atoms with E-state index in [1.807, 2.05) is 24.3 Å². The van der Waals surface area contributed by atoms with E-state index < -0.39 is 6.10 Å². The Hall–Kier alpha value is -2.04. The van der Waals surface area contributed by atoms with Gasteiger partial charge < -0.3 is 14.7 Å². The normalized spacial score (nSPS) is 16.7. The largest absolute Gasteiger partial charge is 0.497 e. The van der Waals surface area contributed by atoms with Crippen molar-refractivity contribution in [1.82, 2.24) is 4.90 Å². The number of nitrogens with zero attached hydrogens (tertiary/aromatic N) is 2. The number of methoxy groups -OCH3 is 1. The summed E-state index contributed by atoms with van der Waals surface area (Å²) in [5.74, 6) is 0.818. The molecule has 1 N–H and O–H groups in total. The van der Waals surface area contributed by atoms with Gasteiger partial charge in [0, 0.05) is 38.4 Å². The number of ether oxygens (including phenoxy) is 1. The molecule has 3 rings (SSSR count). The number of anilines is 1. The lowest BCUT2D eigenvalue weighted by Gasteiger charge is -2.37. The van der Waals surface area contributed by atoms with Crippen LogP contribution >= 0.6 is 0 Å². The minimum atomic E-state index is -0.460. The van der Waals surface area contributed by atoms with Crippen LogP contribution in [0.3, 0.4) is 0 Å². The summed E-state index contributed by atoms with van der Waals surface area (Å²) in [5, 5.41) is 10.5. The lowest BCUT2D eigenvalue weighted by atomic mass is 10.1. The maximum atomic E-state index is 10.5. The smallest absolute Gasteiger partial charge is 0.118 e. The first-order valence-corrected chi connectivity index (χ1v) is 8.94. The molecule has 0 amide bonds. The van der Waals surface area contributed by atoms with Crippen molar-refractivity contribution in [3.8, 4) is 5.75 Å². The van der Waals surface area contributed by atoms with E-state index in [4.69, 9.17) is 4.74 Å². The number of hydrogen-bond acceptors (Lipinski definition) is 4. The topological polar surface area (TPSA) is 35.9 Å². The first-order valence-electron chi connectivity index (χ1n) is 8.94. The molecule has 4 nitrogen and oxygen atoms in total. The number of rotatable bonds is 5. The molecule has 0 saturated carbocycles. The minimum absolute atomic E-state index is 0.460. The van der Waals surface area contributed by atoms with Gasteiger partial charge in [0.2, 0.25) is 0 Å². The molecular formula is C21H28N2O2. The number of β-amino-alcohol motifs (C(OH)–C–C–N with tert-alkyl or cyclic N) is 1. The summed E-state index contributed by atoms with van der Waals surface area (Å²) >= 11 is 0. The summed E-state index contributed by atoms with van der Waals surface area (Å²) < 4.78 is 5.17. The van der Waals surface area contributed by atoms with Crippen molar-refractivity contribution < 1.29 is 9.84 Å². The molecule has 1 aliphatic heterocycles. The molecule has 2 aromatic carbocycles. The molecule has 0 aromatic heterocycles. The van der Waals surface area contributed by atoms with Crippen molar-refractivity contribution in [2.75, 3.05) is 44.7 Å². The van der Waals surface area contributed by atoms with E-state index in [0.29, 0.717) is 6.54 Å². The Morgan fingerprint density at radius 2 is 1.68 bits per heavy atom. The molecule has 0 radical (unpaired) electrons. The Balaban J connectivity index is 1.56. The lowest BCUT2D eigenvalue weighted by molar-refractivity contribution is 0.109. The Labute approximate surface area is 150 Å². The quantitative estimate of drug-likeness (QED) is 0.907. The van der Waals surface area contributed by atoms with Gasteiger partial charge >= 0.3 is 0 Å². The molecule has 1 heterocycles. The SMILES string of the molecule is COc1ccc(C(O)CN2CCN(c3cccc(C)c3C)CC2)cc1. The van der Waals surface area contributed by atoms with Crippen molar-refractivity contribution in [3.05, 3.63) is 59.2 Å². The number of benzene rings is 2. The van der Waals surface area contributed by atoms with Crippen LogP contribution in [-0.4, -0.2) is 49.8 Å². The van der Waals surface area contributed by atoms with Gasteiger partial charge in [0.15, 0.2) is 0 Å². The molecule has 134 valence electrons. The van der Waals surface area contributed by atoms with Crippen molar-refractivity contribution >= 4 is 5.69 Å². The van der Waals surface area contributed by atoms with Gasteiger partial charge in [-0.25, -0.2) is 0 Å². The van der Waals surface area contributed by atoms with Gasteiger partial charge in [0.1, 0.15) is 5.75 Å². The summed E-state index contributed by atoms with van der Waals surface area (Å²) in [4.78, 5) is 4.80. The van der Waals surface area contributed by atoms with Crippen molar-refractivity contribution in [2.24, 2.45) is 0 Å². The van der Waals surface area contributed by atoms with E-state index in [1.54, 1.807) is 7.11 Å². The van der Waals surface area contributed by atoms with Crippen LogP contribution in [0.5, 0.6) is 5.75 Å². The Morgan fingerprint density at radius 3 is 2.32 bits per heavy atom. The van der Waals surface area contributed by atoms with Crippen LogP contribution in [0.25, 0.3) is 0 Å². The summed E-state index contributed by atoms with van der Waals surface area (Å²) in [6.45, 7) is 8.98. The van der Waals surface area contributed by atoms with Crippen LogP contribution in [0.1, 0.15) is 22.8 Å². The van der Waals surface area contributed by atoms with Gasteiger partial charge in [-0.1, -0.05) is 24.3 Å². The fraction of sp³-hybridized carbons (Fsp3) is 0.429. The van der Waals surface area contributed by atoms with Gasteiger partial charge in [-0.2, -0.15) is 0 Å². The molecule has 0 spiro atoms. The van der Waals surface area contributed by atoms with E-state index >= 15 is 0 Å². The van der Waals surface area contributed by atoms with E-state index in [9.17, 15) is 5.11 Å². The summed E-state index contributed by atoms with van der Waals surface area (Å²) in [6.07, 6.45) is -0.460. The molecule has 0 aliphatic carbocycles.